The number of benzene rings is 1. The summed E-state index contributed by atoms with van der Waals surface area (Å²) in [5, 5.41) is 8.56. The van der Waals surface area contributed by atoms with Crippen molar-refractivity contribution < 1.29 is 19.1 Å². The number of carboxylic acid groups (broad SMARTS) is 1. The Kier molecular flexibility index (Phi) is 2.88. The van der Waals surface area contributed by atoms with E-state index < -0.39 is 24.2 Å². The largest absolute Gasteiger partial charge is 0.481 e. The smallest absolute Gasteiger partial charge is 0.305 e. The van der Waals surface area contributed by atoms with Crippen LogP contribution in [-0.2, 0) is 4.79 Å². The van der Waals surface area contributed by atoms with Crippen LogP contribution in [0.15, 0.2) is 29.0 Å². The van der Waals surface area contributed by atoms with Gasteiger partial charge in [0.2, 0.25) is 0 Å². The van der Waals surface area contributed by atoms with Crippen molar-refractivity contribution in [1.82, 2.24) is 4.98 Å². The molecule has 0 aliphatic carbocycles. The van der Waals surface area contributed by atoms with E-state index in [2.05, 4.69) is 4.98 Å². The summed E-state index contributed by atoms with van der Waals surface area (Å²) in [7, 11) is 0. The van der Waals surface area contributed by atoms with Gasteiger partial charge in [-0.05, 0) is 18.2 Å². The second kappa shape index (κ2) is 4.34. The van der Waals surface area contributed by atoms with Crippen molar-refractivity contribution in [3.8, 4) is 0 Å². The van der Waals surface area contributed by atoms with Gasteiger partial charge < -0.3 is 15.3 Å². The Morgan fingerprint density at radius 1 is 1.47 bits per heavy atom. The first-order valence-corrected chi connectivity index (χ1v) is 4.93. The molecule has 1 atom stereocenters. The molecule has 0 saturated carbocycles. The number of ketones is 1. The molecule has 6 heteroatoms. The number of aliphatic carboxylic acids is 1. The molecule has 0 spiro atoms. The van der Waals surface area contributed by atoms with Crippen LogP contribution in [-0.4, -0.2) is 27.9 Å². The highest BCUT2D eigenvalue weighted by Gasteiger charge is 2.19. The van der Waals surface area contributed by atoms with Gasteiger partial charge in [-0.25, -0.2) is 4.98 Å². The minimum Gasteiger partial charge on any atom is -0.481 e. The minimum atomic E-state index is -1.11. The topological polar surface area (TPSA) is 106 Å². The number of carboxylic acids is 1. The predicted octanol–water partition coefficient (Wildman–Crippen LogP) is 0.812. The van der Waals surface area contributed by atoms with E-state index in [4.69, 9.17) is 15.3 Å². The van der Waals surface area contributed by atoms with Gasteiger partial charge in [-0.3, -0.25) is 9.59 Å². The number of hydrogen-bond donors (Lipinski definition) is 2. The molecule has 3 N–H and O–H groups in total. The van der Waals surface area contributed by atoms with Gasteiger partial charge in [0.25, 0.3) is 0 Å². The molecule has 17 heavy (non-hydrogen) atoms. The Morgan fingerprint density at radius 3 is 2.94 bits per heavy atom. The maximum Gasteiger partial charge on any atom is 0.305 e. The zero-order valence-corrected chi connectivity index (χ0v) is 8.79. The van der Waals surface area contributed by atoms with E-state index in [1.54, 1.807) is 12.1 Å². The molecule has 1 unspecified atom stereocenters. The van der Waals surface area contributed by atoms with Crippen molar-refractivity contribution in [2.24, 2.45) is 5.73 Å². The van der Waals surface area contributed by atoms with Crippen LogP contribution >= 0.6 is 0 Å². The first-order valence-electron chi connectivity index (χ1n) is 4.93. The molecular formula is C11H10N2O4. The molecule has 0 fully saturated rings. The number of rotatable bonds is 4. The summed E-state index contributed by atoms with van der Waals surface area (Å²) in [6.45, 7) is 0. The van der Waals surface area contributed by atoms with E-state index in [-0.39, 0.29) is 0 Å². The van der Waals surface area contributed by atoms with E-state index in [0.29, 0.717) is 16.7 Å². The highest BCUT2D eigenvalue weighted by molar-refractivity contribution is 6.03. The Morgan fingerprint density at radius 2 is 2.24 bits per heavy atom. The SMILES string of the molecule is NC(CC(=O)O)C(=O)c1ccc2ncoc2c1. The van der Waals surface area contributed by atoms with Gasteiger partial charge in [0.15, 0.2) is 17.8 Å². The maximum atomic E-state index is 11.8. The fourth-order valence-electron chi connectivity index (χ4n) is 1.50. The van der Waals surface area contributed by atoms with Crippen LogP contribution in [0.5, 0.6) is 0 Å². The number of carbonyl (C=O) groups is 2. The molecule has 1 aromatic carbocycles. The molecular weight excluding hydrogens is 224 g/mol. The zero-order chi connectivity index (χ0) is 12.4. The number of aromatic nitrogens is 1. The van der Waals surface area contributed by atoms with Crippen molar-refractivity contribution in [2.45, 2.75) is 12.5 Å². The van der Waals surface area contributed by atoms with E-state index >= 15 is 0 Å². The van der Waals surface area contributed by atoms with E-state index in [9.17, 15) is 9.59 Å². The van der Waals surface area contributed by atoms with E-state index in [0.717, 1.165) is 0 Å². The third-order valence-electron chi connectivity index (χ3n) is 2.35. The van der Waals surface area contributed by atoms with Crippen LogP contribution in [0.25, 0.3) is 11.1 Å². The average Bonchev–Trinajstić information content (AvgIpc) is 2.73. The number of carbonyl (C=O) groups excluding carboxylic acids is 1. The van der Waals surface area contributed by atoms with Gasteiger partial charge in [0.1, 0.15) is 5.52 Å². The number of oxazole rings is 1. The first-order chi connectivity index (χ1) is 8.08. The third-order valence-corrected chi connectivity index (χ3v) is 2.35. The molecule has 0 radical (unpaired) electrons. The van der Waals surface area contributed by atoms with E-state index in [1.165, 1.54) is 12.5 Å². The van der Waals surface area contributed by atoms with Gasteiger partial charge in [-0.2, -0.15) is 0 Å². The van der Waals surface area contributed by atoms with Gasteiger partial charge in [-0.1, -0.05) is 0 Å². The van der Waals surface area contributed by atoms with Gasteiger partial charge in [0, 0.05) is 5.56 Å². The van der Waals surface area contributed by atoms with Gasteiger partial charge in [-0.15, -0.1) is 0 Å². The molecule has 2 aromatic rings. The van der Waals surface area contributed by atoms with Crippen LogP contribution in [0.3, 0.4) is 0 Å². The normalized spacial score (nSPS) is 12.5. The Hall–Kier alpha value is -2.21. The molecule has 2 rings (SSSR count). The number of fused-ring (bicyclic) bond motifs is 1. The minimum absolute atomic E-state index is 0.322. The molecule has 6 nitrogen and oxygen atoms in total. The highest BCUT2D eigenvalue weighted by atomic mass is 16.4. The Balaban J connectivity index is 2.26. The molecule has 88 valence electrons. The molecule has 0 amide bonds. The van der Waals surface area contributed by atoms with Gasteiger partial charge >= 0.3 is 5.97 Å². The second-order valence-corrected chi connectivity index (χ2v) is 3.60. The number of nitrogens with zero attached hydrogens (tertiary/aromatic N) is 1. The Labute approximate surface area is 96.0 Å². The quantitative estimate of drug-likeness (QED) is 0.758. The first kappa shape index (κ1) is 11.3. The summed E-state index contributed by atoms with van der Waals surface area (Å²) in [5.41, 5.74) is 6.92. The molecule has 0 bridgehead atoms. The maximum absolute atomic E-state index is 11.8. The van der Waals surface area contributed by atoms with Crippen LogP contribution < -0.4 is 5.73 Å². The van der Waals surface area contributed by atoms with Crippen molar-refractivity contribution >= 4 is 22.9 Å². The summed E-state index contributed by atoms with van der Waals surface area (Å²) in [5.74, 6) is -1.53. The van der Waals surface area contributed by atoms with Crippen LogP contribution in [0.4, 0.5) is 0 Å². The van der Waals surface area contributed by atoms with Crippen LogP contribution in [0.2, 0.25) is 0 Å². The second-order valence-electron chi connectivity index (χ2n) is 3.60. The summed E-state index contributed by atoms with van der Waals surface area (Å²) in [6.07, 6.45) is 0.878. The predicted molar refractivity (Wildman–Crippen MR) is 58.6 cm³/mol. The van der Waals surface area contributed by atoms with Crippen molar-refractivity contribution in [1.29, 1.82) is 0 Å². The van der Waals surface area contributed by atoms with Crippen molar-refractivity contribution in [2.75, 3.05) is 0 Å². The number of Topliss-reactive ketones (excluding diaryl/α,β-unsaturated/α-hetero) is 1. The van der Waals surface area contributed by atoms with Crippen molar-refractivity contribution in [3.63, 3.8) is 0 Å². The number of nitrogens with two attached hydrogens (primary N) is 1. The van der Waals surface area contributed by atoms with Gasteiger partial charge in [0.05, 0.1) is 12.5 Å². The fourth-order valence-corrected chi connectivity index (χ4v) is 1.50. The number of hydrogen-bond acceptors (Lipinski definition) is 5. The lowest BCUT2D eigenvalue weighted by Crippen LogP contribution is -2.32. The molecule has 0 aliphatic heterocycles. The molecule has 0 aliphatic rings. The summed E-state index contributed by atoms with van der Waals surface area (Å²) in [6, 6.07) is 3.63. The standard InChI is InChI=1S/C11H10N2O4/c12-7(4-10(14)15)11(16)6-1-2-8-9(3-6)17-5-13-8/h1-3,5,7H,4,12H2,(H,14,15). The highest BCUT2D eigenvalue weighted by Crippen LogP contribution is 2.15. The Bertz CT molecular complexity index is 576. The lowest BCUT2D eigenvalue weighted by Gasteiger charge is -2.07. The lowest BCUT2D eigenvalue weighted by molar-refractivity contribution is -0.137. The molecule has 0 saturated heterocycles. The molecule has 1 aromatic heterocycles. The third kappa shape index (κ3) is 2.31. The zero-order valence-electron chi connectivity index (χ0n) is 8.79. The van der Waals surface area contributed by atoms with Crippen LogP contribution in [0, 0.1) is 0 Å². The lowest BCUT2D eigenvalue weighted by atomic mass is 10.0. The summed E-state index contributed by atoms with van der Waals surface area (Å²) in [4.78, 5) is 26.2. The monoisotopic (exact) mass is 234 g/mol. The average molecular weight is 234 g/mol. The van der Waals surface area contributed by atoms with Crippen molar-refractivity contribution in [3.05, 3.63) is 30.2 Å². The fraction of sp³-hybridized carbons (Fsp3) is 0.182. The van der Waals surface area contributed by atoms with E-state index in [1.807, 2.05) is 0 Å². The summed E-state index contributed by atoms with van der Waals surface area (Å²) < 4.78 is 5.05. The molecule has 1 heterocycles. The van der Waals surface area contributed by atoms with Crippen LogP contribution in [0.1, 0.15) is 16.8 Å². The summed E-state index contributed by atoms with van der Waals surface area (Å²) >= 11 is 0.